The van der Waals surface area contributed by atoms with E-state index in [9.17, 15) is 10.2 Å². The highest BCUT2D eigenvalue weighted by Crippen LogP contribution is 2.65. The maximum absolute atomic E-state index is 11.2. The molecule has 0 aromatic rings. The lowest BCUT2D eigenvalue weighted by molar-refractivity contribution is -0.205. The van der Waals surface area contributed by atoms with Crippen LogP contribution in [0.1, 0.15) is 59.3 Å². The van der Waals surface area contributed by atoms with Crippen LogP contribution < -0.4 is 0 Å². The first-order valence-corrected chi connectivity index (χ1v) is 11.0. The lowest BCUT2D eigenvalue weighted by Gasteiger charge is -2.56. The Morgan fingerprint density at radius 2 is 1.63 bits per heavy atom. The largest absolute Gasteiger partial charge is 0.390 e. The summed E-state index contributed by atoms with van der Waals surface area (Å²) in [5, 5.41) is 21.6. The molecule has 0 bridgehead atoms. The molecule has 5 aliphatic rings. The first-order valence-electron chi connectivity index (χ1n) is 11.0. The molecule has 4 saturated carbocycles. The SMILES string of the molecule is COC1CC2C(CCC3C2CC[C@@]2(C)C3C3OC(C)(C)OC3[C@@H]2O)CC1O. The Kier molecular flexibility index (Phi) is 4.28. The Balaban J connectivity index is 1.44. The van der Waals surface area contributed by atoms with Crippen LogP contribution in [0, 0.1) is 35.0 Å². The zero-order valence-corrected chi connectivity index (χ0v) is 17.1. The van der Waals surface area contributed by atoms with E-state index < -0.39 is 11.9 Å². The van der Waals surface area contributed by atoms with Crippen LogP contribution in [-0.2, 0) is 14.2 Å². The fraction of sp³-hybridized carbons (Fsp3) is 1.00. The van der Waals surface area contributed by atoms with Crippen molar-refractivity contribution in [1.82, 2.24) is 0 Å². The summed E-state index contributed by atoms with van der Waals surface area (Å²) in [7, 11) is 1.73. The summed E-state index contributed by atoms with van der Waals surface area (Å²) in [6.07, 6.45) is 5.50. The van der Waals surface area contributed by atoms with Crippen molar-refractivity contribution in [3.05, 3.63) is 0 Å². The van der Waals surface area contributed by atoms with Crippen molar-refractivity contribution in [3.63, 3.8) is 0 Å². The van der Waals surface area contributed by atoms with Crippen molar-refractivity contribution in [2.45, 2.75) is 95.6 Å². The van der Waals surface area contributed by atoms with Gasteiger partial charge in [-0.2, -0.15) is 0 Å². The summed E-state index contributed by atoms with van der Waals surface area (Å²) in [4.78, 5) is 0. The summed E-state index contributed by atoms with van der Waals surface area (Å²) in [6.45, 7) is 6.21. The van der Waals surface area contributed by atoms with Gasteiger partial charge in [-0.25, -0.2) is 0 Å². The van der Waals surface area contributed by atoms with Gasteiger partial charge in [-0.05, 0) is 82.0 Å². The predicted molar refractivity (Wildman–Crippen MR) is 99.9 cm³/mol. The average Bonchev–Trinajstić information content (AvgIpc) is 3.03. The van der Waals surface area contributed by atoms with Gasteiger partial charge in [0.2, 0.25) is 0 Å². The van der Waals surface area contributed by atoms with Crippen molar-refractivity contribution >= 4 is 0 Å². The van der Waals surface area contributed by atoms with Crippen LogP contribution in [-0.4, -0.2) is 53.6 Å². The number of methoxy groups -OCH3 is 1. The fourth-order valence-electron chi connectivity index (χ4n) is 7.99. The number of ether oxygens (including phenoxy) is 3. The molecule has 5 rings (SSSR count). The van der Waals surface area contributed by atoms with Crippen LogP contribution in [0.3, 0.4) is 0 Å². The van der Waals surface area contributed by atoms with Crippen LogP contribution >= 0.6 is 0 Å². The summed E-state index contributed by atoms with van der Waals surface area (Å²) < 4.78 is 18.1. The second-order valence-corrected chi connectivity index (χ2v) is 10.7. The molecule has 1 aliphatic heterocycles. The maximum Gasteiger partial charge on any atom is 0.163 e. The van der Waals surface area contributed by atoms with Gasteiger partial charge in [0, 0.05) is 12.5 Å². The highest BCUT2D eigenvalue weighted by molar-refractivity contribution is 5.15. The van der Waals surface area contributed by atoms with Gasteiger partial charge in [-0.3, -0.25) is 0 Å². The van der Waals surface area contributed by atoms with Crippen LogP contribution in [0.2, 0.25) is 0 Å². The van der Waals surface area contributed by atoms with Gasteiger partial charge >= 0.3 is 0 Å². The Morgan fingerprint density at radius 3 is 2.37 bits per heavy atom. The standard InChI is InChI=1S/C22H36O5/c1-21(2)26-18-17-13-6-5-11-9-15(23)16(25-4)10-14(11)12(13)7-8-22(17,3)20(24)19(18)27-21/h11-20,23-24H,5-10H2,1-4H3/t11?,12?,13?,14?,15?,16?,17?,18?,19?,20-,22-/m0/s1. The molecular weight excluding hydrogens is 344 g/mol. The lowest BCUT2D eigenvalue weighted by atomic mass is 9.50. The number of aliphatic hydroxyl groups is 2. The van der Waals surface area contributed by atoms with Crippen molar-refractivity contribution in [2.75, 3.05) is 7.11 Å². The van der Waals surface area contributed by atoms with E-state index in [1.54, 1.807) is 7.11 Å². The van der Waals surface area contributed by atoms with Gasteiger partial charge in [0.05, 0.1) is 24.4 Å². The molecule has 27 heavy (non-hydrogen) atoms. The third-order valence-electron chi connectivity index (χ3n) is 9.10. The van der Waals surface area contributed by atoms with Crippen molar-refractivity contribution in [3.8, 4) is 0 Å². The Bertz CT molecular complexity index is 593. The molecule has 0 amide bonds. The first kappa shape index (κ1) is 18.8. The quantitative estimate of drug-likeness (QED) is 0.732. The topological polar surface area (TPSA) is 68.2 Å². The van der Waals surface area contributed by atoms with E-state index in [2.05, 4.69) is 6.92 Å². The molecule has 154 valence electrons. The van der Waals surface area contributed by atoms with E-state index in [0.29, 0.717) is 29.6 Å². The smallest absolute Gasteiger partial charge is 0.163 e. The molecule has 1 heterocycles. The van der Waals surface area contributed by atoms with Gasteiger partial charge in [-0.1, -0.05) is 6.92 Å². The Morgan fingerprint density at radius 1 is 0.889 bits per heavy atom. The molecule has 5 nitrogen and oxygen atoms in total. The third-order valence-corrected chi connectivity index (χ3v) is 9.10. The monoisotopic (exact) mass is 380 g/mol. The summed E-state index contributed by atoms with van der Waals surface area (Å²) in [5.74, 6) is 2.26. The molecule has 5 fully saturated rings. The summed E-state index contributed by atoms with van der Waals surface area (Å²) >= 11 is 0. The molecule has 0 radical (unpaired) electrons. The van der Waals surface area contributed by atoms with Crippen molar-refractivity contribution in [2.24, 2.45) is 35.0 Å². The second-order valence-electron chi connectivity index (χ2n) is 10.7. The molecule has 11 atom stereocenters. The Labute approximate surface area is 162 Å². The predicted octanol–water partition coefficient (Wildman–Crippen LogP) is 2.73. The Hall–Kier alpha value is -0.200. The lowest BCUT2D eigenvalue weighted by Crippen LogP contribution is -2.54. The minimum Gasteiger partial charge on any atom is -0.390 e. The van der Waals surface area contributed by atoms with Crippen molar-refractivity contribution < 1.29 is 24.4 Å². The fourth-order valence-corrected chi connectivity index (χ4v) is 7.99. The summed E-state index contributed by atoms with van der Waals surface area (Å²) in [5.41, 5.74) is -0.103. The molecule has 9 unspecified atom stereocenters. The average molecular weight is 381 g/mol. The molecule has 1 saturated heterocycles. The van der Waals surface area contributed by atoms with E-state index in [1.165, 1.54) is 19.3 Å². The molecular formula is C22H36O5. The molecule has 0 aromatic carbocycles. The van der Waals surface area contributed by atoms with Gasteiger partial charge in [-0.15, -0.1) is 0 Å². The molecule has 2 N–H and O–H groups in total. The van der Waals surface area contributed by atoms with Gasteiger partial charge in [0.25, 0.3) is 0 Å². The third kappa shape index (κ3) is 2.61. The van der Waals surface area contributed by atoms with Crippen molar-refractivity contribution in [1.29, 1.82) is 0 Å². The minimum atomic E-state index is -0.599. The highest BCUT2D eigenvalue weighted by Gasteiger charge is 2.68. The van der Waals surface area contributed by atoms with E-state index in [-0.39, 0.29) is 29.8 Å². The molecule has 0 aromatic heterocycles. The second kappa shape index (κ2) is 6.15. The van der Waals surface area contributed by atoms with E-state index in [0.717, 1.165) is 19.3 Å². The van der Waals surface area contributed by atoms with Crippen LogP contribution in [0.15, 0.2) is 0 Å². The van der Waals surface area contributed by atoms with Gasteiger partial charge < -0.3 is 24.4 Å². The number of hydrogen-bond donors (Lipinski definition) is 2. The van der Waals surface area contributed by atoms with E-state index >= 15 is 0 Å². The van der Waals surface area contributed by atoms with Crippen LogP contribution in [0.4, 0.5) is 0 Å². The zero-order valence-electron chi connectivity index (χ0n) is 17.1. The zero-order chi connectivity index (χ0) is 19.1. The molecule has 5 heteroatoms. The minimum absolute atomic E-state index is 0.0109. The number of hydrogen-bond acceptors (Lipinski definition) is 5. The first-order chi connectivity index (χ1) is 12.7. The van der Waals surface area contributed by atoms with E-state index in [4.69, 9.17) is 14.2 Å². The highest BCUT2D eigenvalue weighted by atomic mass is 16.8. The van der Waals surface area contributed by atoms with Crippen LogP contribution in [0.25, 0.3) is 0 Å². The molecule has 0 spiro atoms. The number of rotatable bonds is 1. The number of aliphatic hydroxyl groups excluding tert-OH is 2. The number of fused-ring (bicyclic) bond motifs is 7. The normalized spacial score (nSPS) is 58.9. The summed E-state index contributed by atoms with van der Waals surface area (Å²) in [6, 6.07) is 0. The van der Waals surface area contributed by atoms with Gasteiger partial charge in [0.15, 0.2) is 5.79 Å². The van der Waals surface area contributed by atoms with Crippen LogP contribution in [0.5, 0.6) is 0 Å². The maximum atomic E-state index is 11.2. The van der Waals surface area contributed by atoms with Gasteiger partial charge in [0.1, 0.15) is 6.10 Å². The van der Waals surface area contributed by atoms with E-state index in [1.807, 2.05) is 13.8 Å². The molecule has 4 aliphatic carbocycles.